The predicted octanol–water partition coefficient (Wildman–Crippen LogP) is 3.29. The number of hydrogen-bond donors (Lipinski definition) is 1. The zero-order valence-corrected chi connectivity index (χ0v) is 21.3. The van der Waals surface area contributed by atoms with E-state index < -0.39 is 16.7 Å². The number of nitro groups is 1. The average molecular weight is 509 g/mol. The van der Waals surface area contributed by atoms with Crippen LogP contribution in [0.4, 0.5) is 5.69 Å². The van der Waals surface area contributed by atoms with Crippen LogP contribution in [0.1, 0.15) is 59.4 Å². The first-order valence-corrected chi connectivity index (χ1v) is 12.5. The third-order valence-electron chi connectivity index (χ3n) is 7.29. The summed E-state index contributed by atoms with van der Waals surface area (Å²) in [6.45, 7) is 6.36. The number of rotatable bonds is 6. The predicted molar refractivity (Wildman–Crippen MR) is 136 cm³/mol. The highest BCUT2D eigenvalue weighted by atomic mass is 16.6. The summed E-state index contributed by atoms with van der Waals surface area (Å²) in [4.78, 5) is 54.0. The minimum absolute atomic E-state index is 0.0474. The number of nitrogens with one attached hydrogen (secondary N) is 1. The molecular formula is C27H32N4O6. The van der Waals surface area contributed by atoms with Crippen LogP contribution in [0.5, 0.6) is 0 Å². The van der Waals surface area contributed by atoms with Gasteiger partial charge in [-0.1, -0.05) is 31.2 Å². The lowest BCUT2D eigenvalue weighted by atomic mass is 9.95. The highest BCUT2D eigenvalue weighted by Gasteiger charge is 2.54. The zero-order chi connectivity index (χ0) is 26.7. The van der Waals surface area contributed by atoms with Crippen LogP contribution < -0.4 is 5.32 Å². The molecule has 2 fully saturated rings. The van der Waals surface area contributed by atoms with Crippen molar-refractivity contribution < 1.29 is 24.0 Å². The second-order valence-electron chi connectivity index (χ2n) is 9.68. The number of carbonyl (C=O) groups excluding carboxylic acids is 3. The van der Waals surface area contributed by atoms with Gasteiger partial charge in [-0.15, -0.1) is 0 Å². The van der Waals surface area contributed by atoms with Crippen molar-refractivity contribution in [3.8, 4) is 0 Å². The second-order valence-corrected chi connectivity index (χ2v) is 9.68. The molecule has 0 aromatic heterocycles. The van der Waals surface area contributed by atoms with E-state index in [9.17, 15) is 24.5 Å². The summed E-state index contributed by atoms with van der Waals surface area (Å²) in [7, 11) is 0. The fraction of sp³-hybridized carbons (Fsp3) is 0.444. The van der Waals surface area contributed by atoms with Crippen molar-refractivity contribution in [3.63, 3.8) is 0 Å². The van der Waals surface area contributed by atoms with Crippen LogP contribution >= 0.6 is 0 Å². The molecule has 1 spiro atoms. The molecule has 0 bridgehead atoms. The first kappa shape index (κ1) is 26.3. The number of piperidine rings is 1. The maximum atomic E-state index is 13.9. The molecule has 2 aliphatic heterocycles. The van der Waals surface area contributed by atoms with Gasteiger partial charge in [0.1, 0.15) is 11.8 Å². The van der Waals surface area contributed by atoms with Crippen LogP contribution in [0.3, 0.4) is 0 Å². The molecule has 2 saturated heterocycles. The molecule has 196 valence electrons. The monoisotopic (exact) mass is 508 g/mol. The molecule has 2 aromatic rings. The van der Waals surface area contributed by atoms with E-state index in [0.717, 1.165) is 12.0 Å². The lowest BCUT2D eigenvalue weighted by Gasteiger charge is -2.44. The molecule has 4 rings (SSSR count). The molecule has 37 heavy (non-hydrogen) atoms. The van der Waals surface area contributed by atoms with Crippen LogP contribution in [-0.4, -0.2) is 69.9 Å². The molecule has 0 unspecified atom stereocenters. The maximum Gasteiger partial charge on any atom is 0.270 e. The van der Waals surface area contributed by atoms with Crippen LogP contribution in [0.15, 0.2) is 48.5 Å². The van der Waals surface area contributed by atoms with Crippen LogP contribution in [0, 0.1) is 17.0 Å². The van der Waals surface area contributed by atoms with Gasteiger partial charge in [-0.3, -0.25) is 29.4 Å². The molecule has 2 heterocycles. The third kappa shape index (κ3) is 5.20. The average Bonchev–Trinajstić information content (AvgIpc) is 3.27. The topological polar surface area (TPSA) is 122 Å². The SMILES string of the molecule is CC[C@H](C)NC(=O)[C@@H]1COC2(CCN(C(=O)c3cccc([N+](=O)[O-])c3)CC2)N1C(=O)c1ccccc1C. The van der Waals surface area contributed by atoms with Gasteiger partial charge in [0.25, 0.3) is 17.5 Å². The van der Waals surface area contributed by atoms with Gasteiger partial charge in [-0.25, -0.2) is 0 Å². The van der Waals surface area contributed by atoms with Crippen molar-refractivity contribution >= 4 is 23.4 Å². The lowest BCUT2D eigenvalue weighted by Crippen LogP contribution is -2.60. The quantitative estimate of drug-likeness (QED) is 0.472. The summed E-state index contributed by atoms with van der Waals surface area (Å²) >= 11 is 0. The van der Waals surface area contributed by atoms with Gasteiger partial charge in [-0.05, 0) is 38.0 Å². The summed E-state index contributed by atoms with van der Waals surface area (Å²) in [5.41, 5.74) is 0.355. The first-order chi connectivity index (χ1) is 17.7. The van der Waals surface area contributed by atoms with Crippen molar-refractivity contribution in [1.82, 2.24) is 15.1 Å². The Morgan fingerprint density at radius 2 is 1.84 bits per heavy atom. The molecule has 2 aliphatic rings. The number of aryl methyl sites for hydroxylation is 1. The van der Waals surface area contributed by atoms with Crippen molar-refractivity contribution in [1.29, 1.82) is 0 Å². The number of non-ortho nitro benzene ring substituents is 1. The van der Waals surface area contributed by atoms with Crippen LogP contribution in [0.25, 0.3) is 0 Å². The maximum absolute atomic E-state index is 13.9. The highest BCUT2D eigenvalue weighted by Crippen LogP contribution is 2.39. The van der Waals surface area contributed by atoms with E-state index in [1.54, 1.807) is 28.0 Å². The summed E-state index contributed by atoms with van der Waals surface area (Å²) in [5, 5.41) is 14.1. The normalized spacial score (nSPS) is 19.5. The van der Waals surface area contributed by atoms with E-state index in [1.807, 2.05) is 32.9 Å². The van der Waals surface area contributed by atoms with E-state index in [1.165, 1.54) is 18.2 Å². The molecule has 10 heteroatoms. The number of nitrogens with zero attached hydrogens (tertiary/aromatic N) is 3. The standard InChI is InChI=1S/C27H32N4O6/c1-4-19(3)28-24(32)23-17-37-27(30(23)26(34)22-11-6-5-8-18(22)2)12-14-29(15-13-27)25(33)20-9-7-10-21(16-20)31(35)36/h5-11,16,19,23H,4,12-15,17H2,1-3H3,(H,28,32)/t19-,23-/m0/s1. The fourth-order valence-electron chi connectivity index (χ4n) is 4.94. The van der Waals surface area contributed by atoms with E-state index in [4.69, 9.17) is 4.74 Å². The number of carbonyl (C=O) groups is 3. The van der Waals surface area contributed by atoms with Gasteiger partial charge in [0, 0.05) is 55.2 Å². The Balaban J connectivity index is 1.58. The van der Waals surface area contributed by atoms with Gasteiger partial charge in [0.2, 0.25) is 5.91 Å². The van der Waals surface area contributed by atoms with Crippen LogP contribution in [0.2, 0.25) is 0 Å². The highest BCUT2D eigenvalue weighted by molar-refractivity contribution is 5.99. The summed E-state index contributed by atoms with van der Waals surface area (Å²) in [6, 6.07) is 12.0. The number of nitro benzene ring substituents is 1. The number of hydrogen-bond acceptors (Lipinski definition) is 6. The Kier molecular flexibility index (Phi) is 7.58. The Bertz CT molecular complexity index is 1210. The minimum atomic E-state index is -1.03. The number of amides is 3. The summed E-state index contributed by atoms with van der Waals surface area (Å²) in [5.74, 6) is -0.860. The Labute approximate surface area is 215 Å². The number of ether oxygens (including phenoxy) is 1. The first-order valence-electron chi connectivity index (χ1n) is 12.5. The molecule has 0 radical (unpaired) electrons. The van der Waals surface area contributed by atoms with E-state index in [-0.39, 0.29) is 54.7 Å². The van der Waals surface area contributed by atoms with Gasteiger partial charge >= 0.3 is 0 Å². The molecular weight excluding hydrogens is 476 g/mol. The molecule has 2 aromatic carbocycles. The summed E-state index contributed by atoms with van der Waals surface area (Å²) in [6.07, 6.45) is 1.39. The van der Waals surface area contributed by atoms with Gasteiger partial charge in [0.05, 0.1) is 11.5 Å². The second kappa shape index (κ2) is 10.7. The third-order valence-corrected chi connectivity index (χ3v) is 7.29. The van der Waals surface area contributed by atoms with E-state index in [0.29, 0.717) is 18.4 Å². The van der Waals surface area contributed by atoms with Crippen molar-refractivity contribution in [3.05, 3.63) is 75.3 Å². The van der Waals surface area contributed by atoms with Gasteiger partial charge in [-0.2, -0.15) is 0 Å². The van der Waals surface area contributed by atoms with E-state index in [2.05, 4.69) is 5.32 Å². The zero-order valence-electron chi connectivity index (χ0n) is 21.3. The summed E-state index contributed by atoms with van der Waals surface area (Å²) < 4.78 is 6.23. The largest absolute Gasteiger partial charge is 0.353 e. The van der Waals surface area contributed by atoms with Crippen molar-refractivity contribution in [2.75, 3.05) is 19.7 Å². The fourth-order valence-corrected chi connectivity index (χ4v) is 4.94. The molecule has 1 N–H and O–H groups in total. The Morgan fingerprint density at radius 1 is 1.14 bits per heavy atom. The van der Waals surface area contributed by atoms with Crippen LogP contribution in [-0.2, 0) is 9.53 Å². The van der Waals surface area contributed by atoms with Gasteiger partial charge < -0.3 is 15.0 Å². The molecule has 3 amide bonds. The van der Waals surface area contributed by atoms with Crippen molar-refractivity contribution in [2.24, 2.45) is 0 Å². The molecule has 0 saturated carbocycles. The van der Waals surface area contributed by atoms with E-state index >= 15 is 0 Å². The Hall–Kier alpha value is -3.79. The molecule has 10 nitrogen and oxygen atoms in total. The lowest BCUT2D eigenvalue weighted by molar-refractivity contribution is -0.384. The minimum Gasteiger partial charge on any atom is -0.353 e. The number of likely N-dealkylation sites (tertiary alicyclic amines) is 1. The Morgan fingerprint density at radius 3 is 2.49 bits per heavy atom. The molecule has 0 aliphatic carbocycles. The van der Waals surface area contributed by atoms with Gasteiger partial charge in [0.15, 0.2) is 0 Å². The molecule has 2 atom stereocenters. The van der Waals surface area contributed by atoms with Crippen molar-refractivity contribution in [2.45, 2.75) is 57.8 Å². The smallest absolute Gasteiger partial charge is 0.270 e. The number of benzene rings is 2.